The number of carbonyl (C=O) groups excluding carboxylic acids is 2. The molecule has 4 heterocycles. The highest BCUT2D eigenvalue weighted by Crippen LogP contribution is 2.35. The molecule has 1 amide bonds. The first-order valence-electron chi connectivity index (χ1n) is 11.5. The Labute approximate surface area is 188 Å². The van der Waals surface area contributed by atoms with E-state index in [2.05, 4.69) is 4.90 Å². The molecule has 0 spiro atoms. The summed E-state index contributed by atoms with van der Waals surface area (Å²) in [5.74, 6) is -0.424. The molecule has 7 nitrogen and oxygen atoms in total. The number of amides is 1. The number of pyridine rings is 1. The Balaban J connectivity index is 0.00000119. The third-order valence-electron chi connectivity index (χ3n) is 6.62. The predicted octanol–water partition coefficient (Wildman–Crippen LogP) is 2.96. The van der Waals surface area contributed by atoms with Gasteiger partial charge in [-0.05, 0) is 24.8 Å². The van der Waals surface area contributed by atoms with Crippen LogP contribution in [0.25, 0.3) is 0 Å². The van der Waals surface area contributed by atoms with Gasteiger partial charge in [-0.2, -0.15) is 0 Å². The zero-order valence-corrected chi connectivity index (χ0v) is 19.0. The van der Waals surface area contributed by atoms with Crippen molar-refractivity contribution in [1.82, 2.24) is 14.4 Å². The van der Waals surface area contributed by atoms with Crippen molar-refractivity contribution in [1.29, 1.82) is 0 Å². The van der Waals surface area contributed by atoms with Gasteiger partial charge in [-0.25, -0.2) is 0 Å². The van der Waals surface area contributed by atoms with Crippen LogP contribution in [0.15, 0.2) is 41.3 Å². The number of Topliss-reactive ketones (excluding diaryl/α,β-unsaturated/α-hetero) is 1. The summed E-state index contributed by atoms with van der Waals surface area (Å²) in [5, 5.41) is 0. The molecule has 3 aliphatic rings. The second-order valence-electron chi connectivity index (χ2n) is 8.29. The molecule has 2 aromatic rings. The van der Waals surface area contributed by atoms with Gasteiger partial charge >= 0.3 is 0 Å². The van der Waals surface area contributed by atoms with Crippen LogP contribution < -0.4 is 10.2 Å². The van der Waals surface area contributed by atoms with Gasteiger partial charge in [0.1, 0.15) is 6.17 Å². The van der Waals surface area contributed by atoms with Gasteiger partial charge in [0.25, 0.3) is 5.91 Å². The third kappa shape index (κ3) is 3.75. The van der Waals surface area contributed by atoms with Crippen molar-refractivity contribution >= 4 is 11.7 Å². The van der Waals surface area contributed by atoms with Gasteiger partial charge in [0.15, 0.2) is 17.2 Å². The monoisotopic (exact) mass is 437 g/mol. The van der Waals surface area contributed by atoms with E-state index in [0.717, 1.165) is 24.9 Å². The van der Waals surface area contributed by atoms with E-state index in [1.807, 2.05) is 49.1 Å². The number of carbonyl (C=O) groups is 2. The lowest BCUT2D eigenvalue weighted by atomic mass is 10.0. The maximum absolute atomic E-state index is 13.2. The van der Waals surface area contributed by atoms with Gasteiger partial charge in [-0.15, -0.1) is 0 Å². The van der Waals surface area contributed by atoms with Crippen molar-refractivity contribution in [3.8, 4) is 5.75 Å². The first kappa shape index (κ1) is 22.3. The van der Waals surface area contributed by atoms with Crippen molar-refractivity contribution in [2.45, 2.75) is 58.3 Å². The van der Waals surface area contributed by atoms with Crippen LogP contribution in [-0.4, -0.2) is 58.5 Å². The number of rotatable bonds is 5. The number of benzene rings is 1. The lowest BCUT2D eigenvalue weighted by Crippen LogP contribution is -2.50. The van der Waals surface area contributed by atoms with Crippen LogP contribution in [0.2, 0.25) is 0 Å². The summed E-state index contributed by atoms with van der Waals surface area (Å²) in [6.45, 7) is 6.22. The number of hydrogen-bond acceptors (Lipinski definition) is 5. The molecule has 0 saturated carbocycles. The smallest absolute Gasteiger partial charge is 0.275 e. The Bertz CT molecular complexity index is 1060. The number of aryl methyl sites for hydroxylation is 1. The Morgan fingerprint density at radius 1 is 1.12 bits per heavy atom. The molecule has 3 aliphatic heterocycles. The first-order valence-corrected chi connectivity index (χ1v) is 11.5. The zero-order chi connectivity index (χ0) is 22.8. The number of nitrogens with zero attached hydrogens (tertiary/aromatic N) is 3. The summed E-state index contributed by atoms with van der Waals surface area (Å²) in [4.78, 5) is 43.4. The van der Waals surface area contributed by atoms with Gasteiger partial charge < -0.3 is 14.2 Å². The van der Waals surface area contributed by atoms with E-state index < -0.39 is 5.43 Å². The van der Waals surface area contributed by atoms with E-state index in [9.17, 15) is 14.4 Å². The average Bonchev–Trinajstić information content (AvgIpc) is 3.42. The fourth-order valence-electron chi connectivity index (χ4n) is 5.14. The Kier molecular flexibility index (Phi) is 6.46. The van der Waals surface area contributed by atoms with Gasteiger partial charge in [-0.1, -0.05) is 44.2 Å². The molecule has 170 valence electrons. The van der Waals surface area contributed by atoms with Crippen LogP contribution >= 0.6 is 0 Å². The van der Waals surface area contributed by atoms with Crippen LogP contribution in [0.1, 0.15) is 59.5 Å². The standard InChI is InChI=1S/C23H25N3O4.C2H6/c1-30-22-20-23(29)26-12-16-8-5-11-25(16)19(26)14-24(20)13-17(21(22)28)18(27)10-9-15-6-3-2-4-7-15;1-2/h2-4,6-7,13,16,19H,5,8-12,14H2,1H3;1-2H3/t16-,19-;/m0./s1. The second-order valence-corrected chi connectivity index (χ2v) is 8.29. The van der Waals surface area contributed by atoms with Crippen molar-refractivity contribution in [2.24, 2.45) is 0 Å². The Morgan fingerprint density at radius 3 is 2.59 bits per heavy atom. The van der Waals surface area contributed by atoms with Gasteiger partial charge in [-0.3, -0.25) is 19.3 Å². The molecule has 2 saturated heterocycles. The first-order chi connectivity index (χ1) is 15.6. The van der Waals surface area contributed by atoms with E-state index in [0.29, 0.717) is 25.6 Å². The lowest BCUT2D eigenvalue weighted by molar-refractivity contribution is 0.0513. The van der Waals surface area contributed by atoms with E-state index in [1.165, 1.54) is 7.11 Å². The van der Waals surface area contributed by atoms with Crippen molar-refractivity contribution in [3.63, 3.8) is 0 Å². The van der Waals surface area contributed by atoms with E-state index in [4.69, 9.17) is 4.74 Å². The zero-order valence-electron chi connectivity index (χ0n) is 19.0. The van der Waals surface area contributed by atoms with Crippen molar-refractivity contribution in [2.75, 3.05) is 20.2 Å². The number of methoxy groups -OCH3 is 1. The van der Waals surface area contributed by atoms with Crippen LogP contribution in [0.5, 0.6) is 5.75 Å². The van der Waals surface area contributed by atoms with Crippen LogP contribution in [0.4, 0.5) is 0 Å². The van der Waals surface area contributed by atoms with Crippen LogP contribution in [-0.2, 0) is 13.0 Å². The maximum Gasteiger partial charge on any atom is 0.275 e. The van der Waals surface area contributed by atoms with E-state index in [1.54, 1.807) is 10.8 Å². The molecular weight excluding hydrogens is 406 g/mol. The van der Waals surface area contributed by atoms with E-state index >= 15 is 0 Å². The fraction of sp³-hybridized carbons (Fsp3) is 0.480. The van der Waals surface area contributed by atoms with Crippen molar-refractivity contribution < 1.29 is 14.3 Å². The van der Waals surface area contributed by atoms with Gasteiger partial charge in [0.2, 0.25) is 5.43 Å². The minimum Gasteiger partial charge on any atom is -0.491 e. The molecule has 0 unspecified atom stereocenters. The minimum absolute atomic E-state index is 0.0167. The number of hydrogen-bond donors (Lipinski definition) is 0. The molecule has 32 heavy (non-hydrogen) atoms. The van der Waals surface area contributed by atoms with E-state index in [-0.39, 0.29) is 41.3 Å². The summed E-state index contributed by atoms with van der Waals surface area (Å²) in [7, 11) is 1.39. The average molecular weight is 438 g/mol. The molecule has 7 heteroatoms. The predicted molar refractivity (Wildman–Crippen MR) is 122 cm³/mol. The lowest BCUT2D eigenvalue weighted by Gasteiger charge is -2.36. The highest BCUT2D eigenvalue weighted by molar-refractivity contribution is 6.00. The number of ketones is 1. The second kappa shape index (κ2) is 9.28. The summed E-state index contributed by atoms with van der Waals surface area (Å²) in [6.07, 6.45) is 4.60. The maximum atomic E-state index is 13.2. The Morgan fingerprint density at radius 2 is 1.88 bits per heavy atom. The normalized spacial score (nSPS) is 21.3. The minimum atomic E-state index is -0.492. The molecule has 0 bridgehead atoms. The summed E-state index contributed by atoms with van der Waals surface area (Å²) < 4.78 is 7.13. The van der Waals surface area contributed by atoms with Crippen LogP contribution in [0, 0.1) is 0 Å². The molecular formula is C25H31N3O4. The van der Waals surface area contributed by atoms with Gasteiger partial charge in [0, 0.05) is 31.7 Å². The summed E-state index contributed by atoms with van der Waals surface area (Å²) in [5.41, 5.74) is 0.921. The highest BCUT2D eigenvalue weighted by Gasteiger charge is 2.48. The number of fused-ring (bicyclic) bond motifs is 4. The topological polar surface area (TPSA) is 71.8 Å². The molecule has 0 N–H and O–H groups in total. The summed E-state index contributed by atoms with van der Waals surface area (Å²) >= 11 is 0. The fourth-order valence-corrected chi connectivity index (χ4v) is 5.14. The quantitative estimate of drug-likeness (QED) is 0.673. The van der Waals surface area contributed by atoms with Crippen LogP contribution in [0.3, 0.4) is 0 Å². The van der Waals surface area contributed by atoms with Gasteiger partial charge in [0.05, 0.1) is 19.2 Å². The number of aromatic nitrogens is 1. The summed E-state index contributed by atoms with van der Waals surface area (Å²) in [6, 6.07) is 10.1. The Hall–Kier alpha value is -2.93. The highest BCUT2D eigenvalue weighted by atomic mass is 16.5. The molecule has 1 aromatic carbocycles. The number of ether oxygens (including phenoxy) is 1. The van der Waals surface area contributed by atoms with Crippen molar-refractivity contribution in [3.05, 3.63) is 63.6 Å². The molecule has 1 aromatic heterocycles. The SMILES string of the molecule is CC.COc1c2n(cc(C(=O)CCc3ccccc3)c1=O)C[C@@H]1N(C[C@@H]3CCCN31)C2=O. The third-order valence-corrected chi connectivity index (χ3v) is 6.62. The molecule has 2 fully saturated rings. The molecule has 0 aliphatic carbocycles. The molecule has 5 rings (SSSR count). The molecule has 0 radical (unpaired) electrons. The largest absolute Gasteiger partial charge is 0.491 e. The molecule has 2 atom stereocenters.